The van der Waals surface area contributed by atoms with Crippen molar-refractivity contribution in [2.45, 2.75) is 0 Å². The quantitative estimate of drug-likeness (QED) is 0.559. The molecule has 0 aliphatic heterocycles. The molecule has 3 rings (SSSR count). The van der Waals surface area contributed by atoms with Crippen molar-refractivity contribution in [3.05, 3.63) is 54.0 Å². The summed E-state index contributed by atoms with van der Waals surface area (Å²) in [6, 6.07) is 9.53. The van der Waals surface area contributed by atoms with Crippen molar-refractivity contribution in [3.63, 3.8) is 0 Å². The van der Waals surface area contributed by atoms with Gasteiger partial charge in [0.15, 0.2) is 5.69 Å². The summed E-state index contributed by atoms with van der Waals surface area (Å²) in [5.41, 5.74) is 4.74. The fourth-order valence-corrected chi connectivity index (χ4v) is 1.95. The number of carbonyl (C=O) groups is 1. The van der Waals surface area contributed by atoms with Crippen LogP contribution in [0.3, 0.4) is 0 Å². The predicted octanol–water partition coefficient (Wildman–Crippen LogP) is 1.67. The van der Waals surface area contributed by atoms with Gasteiger partial charge in [0.1, 0.15) is 0 Å². The summed E-state index contributed by atoms with van der Waals surface area (Å²) in [5.74, 6) is -0.332. The second-order valence-corrected chi connectivity index (χ2v) is 4.36. The van der Waals surface area contributed by atoms with E-state index < -0.39 is 0 Å². The number of fused-ring (bicyclic) bond motifs is 1. The molecule has 0 radical (unpaired) electrons. The van der Waals surface area contributed by atoms with Gasteiger partial charge in [-0.05, 0) is 12.1 Å². The van der Waals surface area contributed by atoms with Crippen LogP contribution in [0.2, 0.25) is 0 Å². The van der Waals surface area contributed by atoms with Crippen LogP contribution in [0.25, 0.3) is 10.9 Å². The van der Waals surface area contributed by atoms with Gasteiger partial charge in [0.25, 0.3) is 5.91 Å². The largest absolute Gasteiger partial charge is 0.361 e. The molecule has 0 atom stereocenters. The molecule has 6 heteroatoms. The molecule has 1 amide bonds. The van der Waals surface area contributed by atoms with E-state index in [1.54, 1.807) is 30.2 Å². The number of aryl methyl sites for hydroxylation is 1. The van der Waals surface area contributed by atoms with Crippen LogP contribution in [-0.2, 0) is 7.05 Å². The normalized spacial score (nSPS) is 11.2. The van der Waals surface area contributed by atoms with Crippen molar-refractivity contribution in [3.8, 4) is 0 Å². The number of amides is 1. The zero-order valence-electron chi connectivity index (χ0n) is 10.9. The van der Waals surface area contributed by atoms with E-state index in [4.69, 9.17) is 0 Å². The Morgan fingerprint density at radius 1 is 1.40 bits per heavy atom. The van der Waals surface area contributed by atoms with Gasteiger partial charge in [0, 0.05) is 35.9 Å². The topological polar surface area (TPSA) is 75.1 Å². The van der Waals surface area contributed by atoms with Gasteiger partial charge in [0.05, 0.1) is 6.21 Å². The highest BCUT2D eigenvalue weighted by atomic mass is 16.2. The fraction of sp³-hybridized carbons (Fsp3) is 0.0714. The smallest absolute Gasteiger partial charge is 0.291 e. The second kappa shape index (κ2) is 5.00. The molecule has 20 heavy (non-hydrogen) atoms. The molecule has 0 aliphatic carbocycles. The van der Waals surface area contributed by atoms with E-state index in [1.807, 2.05) is 30.5 Å². The van der Waals surface area contributed by atoms with E-state index in [1.165, 1.54) is 0 Å². The fourth-order valence-electron chi connectivity index (χ4n) is 1.95. The zero-order valence-corrected chi connectivity index (χ0v) is 10.9. The number of hydrogen-bond acceptors (Lipinski definition) is 3. The second-order valence-electron chi connectivity index (χ2n) is 4.36. The van der Waals surface area contributed by atoms with Crippen molar-refractivity contribution in [2.24, 2.45) is 12.1 Å². The van der Waals surface area contributed by atoms with E-state index in [9.17, 15) is 4.79 Å². The number of carbonyl (C=O) groups excluding carboxylic acids is 1. The van der Waals surface area contributed by atoms with Gasteiger partial charge < -0.3 is 4.98 Å². The lowest BCUT2D eigenvalue weighted by molar-refractivity contribution is 0.0949. The van der Waals surface area contributed by atoms with Crippen LogP contribution >= 0.6 is 0 Å². The Bertz CT molecular complexity index is 784. The molecule has 0 spiro atoms. The van der Waals surface area contributed by atoms with Crippen LogP contribution in [0.1, 0.15) is 16.1 Å². The Balaban J connectivity index is 1.73. The average molecular weight is 267 g/mol. The number of hydrazone groups is 1. The number of aromatic nitrogens is 3. The highest BCUT2D eigenvalue weighted by Crippen LogP contribution is 2.15. The molecule has 2 aromatic heterocycles. The molecule has 6 nitrogen and oxygen atoms in total. The number of benzene rings is 1. The number of para-hydroxylation sites is 1. The summed E-state index contributed by atoms with van der Waals surface area (Å²) in [4.78, 5) is 14.9. The standard InChI is InChI=1S/C14H13N5O/c1-19-7-6-13(18-19)14(20)17-16-9-10-8-15-12-5-3-2-4-11(10)12/h2-9,15H,1H3,(H,17,20). The third kappa shape index (κ3) is 2.31. The molecule has 100 valence electrons. The molecular formula is C14H13N5O. The summed E-state index contributed by atoms with van der Waals surface area (Å²) in [6.07, 6.45) is 5.17. The SMILES string of the molecule is Cn1ccc(C(=O)NN=Cc2c[nH]c3ccccc23)n1. The lowest BCUT2D eigenvalue weighted by Crippen LogP contribution is -2.18. The highest BCUT2D eigenvalue weighted by Gasteiger charge is 2.07. The molecule has 3 aromatic rings. The molecule has 2 N–H and O–H groups in total. The number of H-pyrrole nitrogens is 1. The van der Waals surface area contributed by atoms with Crippen molar-refractivity contribution in [2.75, 3.05) is 0 Å². The molecular weight excluding hydrogens is 254 g/mol. The van der Waals surface area contributed by atoms with Crippen LogP contribution in [-0.4, -0.2) is 26.9 Å². The minimum absolute atomic E-state index is 0.332. The Labute approximate surface area is 115 Å². The minimum atomic E-state index is -0.332. The Kier molecular flexibility index (Phi) is 3.04. The number of hydrogen-bond donors (Lipinski definition) is 2. The Morgan fingerprint density at radius 2 is 2.25 bits per heavy atom. The maximum atomic E-state index is 11.7. The van der Waals surface area contributed by atoms with Crippen LogP contribution < -0.4 is 5.43 Å². The molecule has 0 unspecified atom stereocenters. The van der Waals surface area contributed by atoms with Crippen LogP contribution in [0.15, 0.2) is 47.8 Å². The third-order valence-electron chi connectivity index (χ3n) is 2.94. The van der Waals surface area contributed by atoms with Crippen molar-refractivity contribution >= 4 is 23.0 Å². The average Bonchev–Trinajstić information content (AvgIpc) is 3.06. The first-order valence-electron chi connectivity index (χ1n) is 6.13. The summed E-state index contributed by atoms with van der Waals surface area (Å²) in [7, 11) is 1.76. The third-order valence-corrected chi connectivity index (χ3v) is 2.94. The lowest BCUT2D eigenvalue weighted by atomic mass is 10.2. The molecule has 0 aliphatic rings. The Hall–Kier alpha value is -2.89. The van der Waals surface area contributed by atoms with Crippen molar-refractivity contribution < 1.29 is 4.79 Å². The highest BCUT2D eigenvalue weighted by molar-refractivity contribution is 5.99. The summed E-state index contributed by atoms with van der Waals surface area (Å²) in [5, 5.41) is 9.02. The molecule has 2 heterocycles. The first-order valence-corrected chi connectivity index (χ1v) is 6.13. The number of rotatable bonds is 3. The number of nitrogens with zero attached hydrogens (tertiary/aromatic N) is 3. The monoisotopic (exact) mass is 267 g/mol. The summed E-state index contributed by atoms with van der Waals surface area (Å²) < 4.78 is 1.57. The van der Waals surface area contributed by atoms with Gasteiger partial charge in [-0.1, -0.05) is 18.2 Å². The van der Waals surface area contributed by atoms with Gasteiger partial charge in [0.2, 0.25) is 0 Å². The predicted molar refractivity (Wildman–Crippen MR) is 76.6 cm³/mol. The molecule has 0 saturated heterocycles. The lowest BCUT2D eigenvalue weighted by Gasteiger charge is -1.95. The number of nitrogens with one attached hydrogen (secondary N) is 2. The Morgan fingerprint density at radius 3 is 3.05 bits per heavy atom. The van der Waals surface area contributed by atoms with Gasteiger partial charge in [-0.2, -0.15) is 10.2 Å². The first-order chi connectivity index (χ1) is 9.74. The molecule has 0 saturated carbocycles. The van der Waals surface area contributed by atoms with Crippen molar-refractivity contribution in [1.29, 1.82) is 0 Å². The van der Waals surface area contributed by atoms with Crippen LogP contribution in [0.4, 0.5) is 0 Å². The molecule has 0 bridgehead atoms. The van der Waals surface area contributed by atoms with E-state index >= 15 is 0 Å². The summed E-state index contributed by atoms with van der Waals surface area (Å²) in [6.45, 7) is 0. The van der Waals surface area contributed by atoms with Gasteiger partial charge in [-0.3, -0.25) is 9.48 Å². The van der Waals surface area contributed by atoms with Gasteiger partial charge in [-0.15, -0.1) is 0 Å². The maximum Gasteiger partial charge on any atom is 0.291 e. The van der Waals surface area contributed by atoms with E-state index in [0.717, 1.165) is 16.5 Å². The van der Waals surface area contributed by atoms with Crippen LogP contribution in [0.5, 0.6) is 0 Å². The van der Waals surface area contributed by atoms with E-state index in [0.29, 0.717) is 5.69 Å². The minimum Gasteiger partial charge on any atom is -0.361 e. The van der Waals surface area contributed by atoms with Crippen molar-refractivity contribution in [1.82, 2.24) is 20.2 Å². The maximum absolute atomic E-state index is 11.7. The van der Waals surface area contributed by atoms with E-state index in [2.05, 4.69) is 20.6 Å². The molecule has 0 fully saturated rings. The summed E-state index contributed by atoms with van der Waals surface area (Å²) >= 11 is 0. The van der Waals surface area contributed by atoms with Gasteiger partial charge in [-0.25, -0.2) is 5.43 Å². The first kappa shape index (κ1) is 12.2. The zero-order chi connectivity index (χ0) is 13.9. The van der Waals surface area contributed by atoms with Crippen LogP contribution in [0, 0.1) is 0 Å². The molecule has 1 aromatic carbocycles. The van der Waals surface area contributed by atoms with Gasteiger partial charge >= 0.3 is 0 Å². The number of aromatic amines is 1. The van der Waals surface area contributed by atoms with E-state index in [-0.39, 0.29) is 5.91 Å².